The minimum Gasteiger partial charge on any atom is -0.507 e. The van der Waals surface area contributed by atoms with E-state index in [0.717, 1.165) is 17.3 Å². The van der Waals surface area contributed by atoms with E-state index in [1.54, 1.807) is 18.2 Å². The number of alkyl halides is 1. The molecule has 0 saturated heterocycles. The van der Waals surface area contributed by atoms with Crippen LogP contribution >= 0.6 is 15.9 Å². The Balaban J connectivity index is 2.11. The van der Waals surface area contributed by atoms with Crippen molar-refractivity contribution in [1.82, 2.24) is 0 Å². The van der Waals surface area contributed by atoms with Crippen LogP contribution in [0, 0.1) is 6.92 Å². The van der Waals surface area contributed by atoms with Crippen molar-refractivity contribution in [2.45, 2.75) is 13.3 Å². The largest absolute Gasteiger partial charge is 0.507 e. The first kappa shape index (κ1) is 14.6. The van der Waals surface area contributed by atoms with Gasteiger partial charge < -0.3 is 10.4 Å². The fourth-order valence-corrected chi connectivity index (χ4v) is 2.35. The van der Waals surface area contributed by atoms with E-state index in [4.69, 9.17) is 0 Å². The third kappa shape index (κ3) is 3.61. The fraction of sp³-hybridized carbons (Fsp3) is 0.188. The van der Waals surface area contributed by atoms with Crippen molar-refractivity contribution < 1.29 is 9.90 Å². The first-order chi connectivity index (χ1) is 9.60. The van der Waals surface area contributed by atoms with E-state index in [0.29, 0.717) is 5.69 Å². The molecule has 3 nitrogen and oxygen atoms in total. The average Bonchev–Trinajstić information content (AvgIpc) is 2.41. The summed E-state index contributed by atoms with van der Waals surface area (Å²) < 4.78 is 0. The van der Waals surface area contributed by atoms with E-state index in [2.05, 4.69) is 21.2 Å². The van der Waals surface area contributed by atoms with Crippen molar-refractivity contribution in [1.29, 1.82) is 0 Å². The minimum absolute atomic E-state index is 0.00147. The fourth-order valence-electron chi connectivity index (χ4n) is 1.90. The predicted molar refractivity (Wildman–Crippen MR) is 84.7 cm³/mol. The van der Waals surface area contributed by atoms with Gasteiger partial charge in [-0.25, -0.2) is 0 Å². The molecular formula is C16H16BrNO2. The number of aromatic hydroxyl groups is 1. The van der Waals surface area contributed by atoms with E-state index in [1.807, 2.05) is 31.2 Å². The van der Waals surface area contributed by atoms with Crippen LogP contribution < -0.4 is 5.32 Å². The molecule has 4 heteroatoms. The Kier molecular flexibility index (Phi) is 4.79. The van der Waals surface area contributed by atoms with Gasteiger partial charge in [0.1, 0.15) is 5.75 Å². The number of aryl methyl sites for hydroxylation is 2. The first-order valence-corrected chi connectivity index (χ1v) is 7.48. The van der Waals surface area contributed by atoms with Gasteiger partial charge >= 0.3 is 0 Å². The highest BCUT2D eigenvalue weighted by molar-refractivity contribution is 9.09. The summed E-state index contributed by atoms with van der Waals surface area (Å²) in [5.74, 6) is -0.311. The first-order valence-electron chi connectivity index (χ1n) is 6.36. The Morgan fingerprint density at radius 1 is 1.20 bits per heavy atom. The highest BCUT2D eigenvalue weighted by Crippen LogP contribution is 2.20. The number of amides is 1. The number of carbonyl (C=O) groups is 1. The number of hydrogen-bond donors (Lipinski definition) is 2. The van der Waals surface area contributed by atoms with Gasteiger partial charge in [-0.1, -0.05) is 34.1 Å². The van der Waals surface area contributed by atoms with Crippen LogP contribution in [0.1, 0.15) is 21.5 Å². The number of rotatable bonds is 4. The normalized spacial score (nSPS) is 10.3. The molecular weight excluding hydrogens is 318 g/mol. The van der Waals surface area contributed by atoms with Crippen LogP contribution in [-0.4, -0.2) is 16.3 Å². The molecule has 0 aliphatic carbocycles. The monoisotopic (exact) mass is 333 g/mol. The van der Waals surface area contributed by atoms with Gasteiger partial charge in [0.05, 0.1) is 5.56 Å². The number of phenols is 1. The Bertz CT molecular complexity index is 608. The van der Waals surface area contributed by atoms with Crippen LogP contribution in [0.3, 0.4) is 0 Å². The highest BCUT2D eigenvalue weighted by atomic mass is 79.9. The smallest absolute Gasteiger partial charge is 0.259 e. The van der Waals surface area contributed by atoms with Crippen LogP contribution in [0.15, 0.2) is 42.5 Å². The van der Waals surface area contributed by atoms with Crippen LogP contribution in [0.25, 0.3) is 0 Å². The molecule has 2 aromatic carbocycles. The molecule has 0 fully saturated rings. The molecule has 0 heterocycles. The van der Waals surface area contributed by atoms with E-state index in [1.165, 1.54) is 5.56 Å². The minimum atomic E-state index is -0.309. The van der Waals surface area contributed by atoms with Gasteiger partial charge in [0.2, 0.25) is 0 Å². The third-order valence-electron chi connectivity index (χ3n) is 2.99. The van der Waals surface area contributed by atoms with Crippen LogP contribution in [-0.2, 0) is 6.42 Å². The molecule has 2 aromatic rings. The van der Waals surface area contributed by atoms with Crippen molar-refractivity contribution in [3.05, 3.63) is 59.2 Å². The molecule has 104 valence electrons. The Morgan fingerprint density at radius 3 is 2.50 bits per heavy atom. The van der Waals surface area contributed by atoms with Crippen molar-refractivity contribution in [3.63, 3.8) is 0 Å². The molecule has 2 rings (SSSR count). The van der Waals surface area contributed by atoms with Crippen LogP contribution in [0.4, 0.5) is 5.69 Å². The Morgan fingerprint density at radius 2 is 1.90 bits per heavy atom. The Hall–Kier alpha value is -1.81. The molecule has 0 aromatic heterocycles. The summed E-state index contributed by atoms with van der Waals surface area (Å²) in [6, 6.07) is 12.7. The second-order valence-electron chi connectivity index (χ2n) is 4.61. The standard InChI is InChI=1S/C16H16BrNO2/c1-11-2-7-14(15(19)10-11)16(20)18-13-5-3-12(4-6-13)8-9-17/h2-7,10,19H,8-9H2,1H3,(H,18,20). The summed E-state index contributed by atoms with van der Waals surface area (Å²) in [5, 5.41) is 13.5. The maximum absolute atomic E-state index is 12.1. The number of carbonyl (C=O) groups excluding carboxylic acids is 1. The van der Waals surface area contributed by atoms with Gasteiger partial charge in [-0.2, -0.15) is 0 Å². The number of phenolic OH excluding ortho intramolecular Hbond substituents is 1. The zero-order valence-electron chi connectivity index (χ0n) is 11.2. The molecule has 0 aliphatic rings. The van der Waals surface area contributed by atoms with E-state index in [9.17, 15) is 9.90 Å². The molecule has 0 spiro atoms. The van der Waals surface area contributed by atoms with Gasteiger partial charge in [0.25, 0.3) is 5.91 Å². The van der Waals surface area contributed by atoms with Gasteiger partial charge in [-0.15, -0.1) is 0 Å². The molecule has 2 N–H and O–H groups in total. The number of benzene rings is 2. The summed E-state index contributed by atoms with van der Waals surface area (Å²) >= 11 is 3.39. The lowest BCUT2D eigenvalue weighted by molar-refractivity contribution is 0.102. The third-order valence-corrected chi connectivity index (χ3v) is 3.39. The summed E-state index contributed by atoms with van der Waals surface area (Å²) in [6.45, 7) is 1.87. The van der Waals surface area contributed by atoms with Crippen LogP contribution in [0.5, 0.6) is 5.75 Å². The lowest BCUT2D eigenvalue weighted by Gasteiger charge is -2.08. The Labute approximate surface area is 126 Å². The van der Waals surface area contributed by atoms with Crippen LogP contribution in [0.2, 0.25) is 0 Å². The van der Waals surface area contributed by atoms with E-state index in [-0.39, 0.29) is 17.2 Å². The quantitative estimate of drug-likeness (QED) is 0.834. The second kappa shape index (κ2) is 6.57. The van der Waals surface area contributed by atoms with Gasteiger partial charge in [0.15, 0.2) is 0 Å². The molecule has 0 saturated carbocycles. The zero-order chi connectivity index (χ0) is 14.5. The van der Waals surface area contributed by atoms with Gasteiger partial charge in [-0.05, 0) is 48.7 Å². The molecule has 0 atom stereocenters. The van der Waals surface area contributed by atoms with Crippen molar-refractivity contribution in [2.75, 3.05) is 10.6 Å². The maximum Gasteiger partial charge on any atom is 0.259 e. The highest BCUT2D eigenvalue weighted by Gasteiger charge is 2.11. The second-order valence-corrected chi connectivity index (χ2v) is 5.40. The van der Waals surface area contributed by atoms with E-state index >= 15 is 0 Å². The maximum atomic E-state index is 12.1. The average molecular weight is 334 g/mol. The summed E-state index contributed by atoms with van der Waals surface area (Å²) in [7, 11) is 0. The number of halogens is 1. The summed E-state index contributed by atoms with van der Waals surface area (Å²) in [6.07, 6.45) is 0.951. The summed E-state index contributed by atoms with van der Waals surface area (Å²) in [4.78, 5) is 12.1. The van der Waals surface area contributed by atoms with Gasteiger partial charge in [-0.3, -0.25) is 4.79 Å². The lowest BCUT2D eigenvalue weighted by Crippen LogP contribution is -2.12. The van der Waals surface area contributed by atoms with Gasteiger partial charge in [0, 0.05) is 11.0 Å². The summed E-state index contributed by atoms with van der Waals surface area (Å²) in [5.41, 5.74) is 3.12. The number of nitrogens with one attached hydrogen (secondary N) is 1. The molecule has 20 heavy (non-hydrogen) atoms. The number of hydrogen-bond acceptors (Lipinski definition) is 2. The molecule has 0 aliphatic heterocycles. The van der Waals surface area contributed by atoms with Crippen molar-refractivity contribution >= 4 is 27.5 Å². The predicted octanol–water partition coefficient (Wildman–Crippen LogP) is 3.89. The molecule has 0 radical (unpaired) electrons. The van der Waals surface area contributed by atoms with Crippen molar-refractivity contribution in [3.8, 4) is 5.75 Å². The topological polar surface area (TPSA) is 49.3 Å². The van der Waals surface area contributed by atoms with Crippen molar-refractivity contribution in [2.24, 2.45) is 0 Å². The zero-order valence-corrected chi connectivity index (χ0v) is 12.8. The van der Waals surface area contributed by atoms with E-state index < -0.39 is 0 Å². The lowest BCUT2D eigenvalue weighted by atomic mass is 10.1. The number of anilines is 1. The molecule has 1 amide bonds. The molecule has 0 unspecified atom stereocenters. The SMILES string of the molecule is Cc1ccc(C(=O)Nc2ccc(CCBr)cc2)c(O)c1. The molecule has 0 bridgehead atoms.